The molecule has 0 unspecified atom stereocenters. The maximum atomic E-state index is 13.3. The average Bonchev–Trinajstić information content (AvgIpc) is 0.742. The minimum atomic E-state index is -3.35. The fourth-order valence-electron chi connectivity index (χ4n) is 17.5. The van der Waals surface area contributed by atoms with Crippen LogP contribution in [0.2, 0.25) is 0 Å². The number of carbonyl (C=O) groups excluding carboxylic acids is 4. The number of nitrogens with one attached hydrogen (secondary N) is 4. The van der Waals surface area contributed by atoms with Crippen LogP contribution >= 0.6 is 0 Å². The summed E-state index contributed by atoms with van der Waals surface area (Å²) in [6, 6.07) is -7.92. The van der Waals surface area contributed by atoms with Gasteiger partial charge in [-0.2, -0.15) is 0 Å². The predicted molar refractivity (Wildman–Crippen MR) is 427 cm³/mol. The van der Waals surface area contributed by atoms with Crippen molar-refractivity contribution in [1.82, 2.24) is 21.3 Å². The Labute approximate surface area is 786 Å². The molecule has 55 atom stereocenters. The third-order valence-corrected chi connectivity index (χ3v) is 25.1. The molecular weight excluding hydrogens is 1910 g/mol. The summed E-state index contributed by atoms with van der Waals surface area (Å²) in [6.45, 7) is -8.39. The van der Waals surface area contributed by atoms with Gasteiger partial charge in [0.15, 0.2) is 56.6 Å². The first kappa shape index (κ1) is 116. The summed E-state index contributed by atoms with van der Waals surface area (Å²) >= 11 is 0. The minimum Gasteiger partial charge on any atom is -0.477 e. The van der Waals surface area contributed by atoms with E-state index in [1.165, 1.54) is 6.92 Å². The van der Waals surface area contributed by atoms with Crippen LogP contribution in [0.15, 0.2) is 0 Å². The van der Waals surface area contributed by atoms with Gasteiger partial charge in [-0.25, -0.2) is 4.79 Å². The summed E-state index contributed by atoms with van der Waals surface area (Å²) in [6.07, 6.45) is -113. The monoisotopic (exact) mass is 2040 g/mol. The van der Waals surface area contributed by atoms with Gasteiger partial charge < -0.3 is 285 Å². The highest BCUT2D eigenvalue weighted by atomic mass is 16.8. The molecule has 37 N–H and O–H groups in total. The van der Waals surface area contributed by atoms with Crippen molar-refractivity contribution in [2.75, 3.05) is 72.7 Å². The van der Waals surface area contributed by atoms with Crippen LogP contribution in [0.1, 0.15) is 41.0 Å². The lowest BCUT2D eigenvalue weighted by atomic mass is 9.88. The fraction of sp³-hybridized carbons (Fsp3) is 0.935. The van der Waals surface area contributed by atoms with Crippen LogP contribution in [-0.4, -0.2) is 608 Å². The summed E-state index contributed by atoms with van der Waals surface area (Å²) in [5.74, 6) is -9.52. The number of hydrogen-bond acceptors (Lipinski definition) is 57. The lowest BCUT2D eigenvalue weighted by Crippen LogP contribution is -2.71. The molecule has 62 nitrogen and oxygen atoms in total. The SMILES string of the molecule is CC(=O)N[C@H]1[C@H](O[C@@H]([C@H](O)[C@H](CO)NC(C)=O)[C@H](O)CO[C@@H]2O[C@@H](C)[C@@H](O)[C@@H](O)[C@@H]2O)O[C@H](CO)[C@@H](O[C@@H]2O[C@H](CO[C@H]3O[C@H](CO[C@H]4O[C@H](CO)[C@@H](O)[C@H](O)[C@@H]4O)[C@@H](O)[C@H](O[C@H]4O[C@H](CO)[C@@H](O)[C@H](O)[C@@H]4O)[C@@H]3O)[C@@H](O)[C@H](O[C@H]3O[C@H](CO)[C@@H](O)[C@H](O)[C@@H]3O[C@@H]3O[C@H](CO)[C@@H](O[C@@H]4O[C@H](CO)[C@H](O)[C@H](O[C@]5(C(=O)O)C[C@H](O)[C@@H](NC(C)=O)[C@H]([C@H](O)[C@H](O)CO)O5)[C@H]4O)[C@H](O)[C@H]3NC(C)=O)[C@@H]2O)[C@@H]1O. The molecule has 0 aliphatic carbocycles. The van der Waals surface area contributed by atoms with Crippen LogP contribution in [0.5, 0.6) is 0 Å². The Morgan fingerprint density at radius 2 is 0.712 bits per heavy atom. The van der Waals surface area contributed by atoms with Gasteiger partial charge in [0.2, 0.25) is 23.6 Å². The zero-order valence-electron chi connectivity index (χ0n) is 74.6. The second-order valence-electron chi connectivity index (χ2n) is 35.0. The number of carbonyl (C=O) groups is 5. The summed E-state index contributed by atoms with van der Waals surface area (Å²) in [5, 5.41) is 379. The fourth-order valence-corrected chi connectivity index (χ4v) is 17.5. The Kier molecular flexibility index (Phi) is 42.4. The van der Waals surface area contributed by atoms with Crippen molar-refractivity contribution in [2.24, 2.45) is 0 Å². The van der Waals surface area contributed by atoms with E-state index < -0.39 is 446 Å². The largest absolute Gasteiger partial charge is 0.477 e. The highest BCUT2D eigenvalue weighted by Gasteiger charge is 2.64. The summed E-state index contributed by atoms with van der Waals surface area (Å²) < 4.78 is 118. The Morgan fingerprint density at radius 3 is 1.19 bits per heavy atom. The first-order chi connectivity index (χ1) is 65.5. The van der Waals surface area contributed by atoms with Gasteiger partial charge in [0.05, 0.1) is 97.0 Å². The first-order valence-electron chi connectivity index (χ1n) is 44.1. The number of aliphatic hydroxyl groups excluding tert-OH is 32. The number of hydrogen-bond donors (Lipinski definition) is 37. The van der Waals surface area contributed by atoms with Crippen LogP contribution in [0.25, 0.3) is 0 Å². The van der Waals surface area contributed by atoms with Crippen LogP contribution in [0, 0.1) is 0 Å². The zero-order valence-corrected chi connectivity index (χ0v) is 74.6. The smallest absolute Gasteiger partial charge is 0.364 e. The number of amides is 4. The van der Waals surface area contributed by atoms with Crippen LogP contribution in [0.3, 0.4) is 0 Å². The molecule has 10 fully saturated rings. The molecule has 10 aliphatic rings. The summed E-state index contributed by atoms with van der Waals surface area (Å²) in [5.41, 5.74) is 0. The first-order valence-corrected chi connectivity index (χ1v) is 44.1. The molecule has 0 radical (unpaired) electrons. The van der Waals surface area contributed by atoms with E-state index in [9.17, 15) is 192 Å². The zero-order chi connectivity index (χ0) is 103. The van der Waals surface area contributed by atoms with E-state index in [1.54, 1.807) is 0 Å². The number of carboxylic acid groups (broad SMARTS) is 1. The molecule has 4 amide bonds. The van der Waals surface area contributed by atoms with Crippen LogP contribution < -0.4 is 21.3 Å². The quantitative estimate of drug-likeness (QED) is 0.0270. The second-order valence-corrected chi connectivity index (χ2v) is 35.0. The molecule has 10 aliphatic heterocycles. The topological polar surface area (TPSA) is 986 Å². The predicted octanol–water partition coefficient (Wildman–Crippen LogP) is -24.5. The van der Waals surface area contributed by atoms with Crippen LogP contribution in [0.4, 0.5) is 0 Å². The molecule has 0 bridgehead atoms. The normalized spacial score (nSPS) is 46.5. The van der Waals surface area contributed by atoms with Gasteiger partial charge in [-0.3, -0.25) is 19.2 Å². The Balaban J connectivity index is 0.991. The number of carboxylic acids is 1. The second kappa shape index (κ2) is 50.8. The van der Waals surface area contributed by atoms with Crippen molar-refractivity contribution in [2.45, 2.75) is 378 Å². The van der Waals surface area contributed by atoms with Gasteiger partial charge in [0.25, 0.3) is 5.79 Å². The standard InChI is InChI=1S/C77H130N4O58/c1-18-38(97)49(108)53(112)69(123-18)120-15-26(96)59(39(98)23(7-82)78-19(2)90)132-67-36(80-21(4)92)47(106)60(31(13-88)128-67)133-73-57(116)64(46(105)34(131-73)17-122-71-56(115)63(135-72-55(114)51(110)42(101)28(10-85)125-72)45(104)33(130-71)16-121-70-54(113)50(109)41(100)27(9-84)124-70)136-75-66(52(111)43(102)29(11-86)127-75)137-68-37(81-22(5)93)48(107)61(32(14-89)129-68)134-74-58(117)65(44(103)30(12-87)126-74)139-77(76(118)119)6-24(94)35(79-20(3)91)62(138-77)40(99)25(95)8-83/h18,23-75,82-89,94-117H,6-17H2,1-5H3,(H,78,90)(H,79,91)(H,80,92)(H,81,93)(H,118,119)/t18-,23-,24-,25+,26+,27+,28+,29+,30+,31+,32+,33+,34+,35+,36+,37+,38+,39+,40+,41+,42+,43+,44-,45+,46+,47+,48+,49+,50-,51-,52-,53-,54-,55-,56-,57-,58+,59+,60+,61+,62+,63-,64-,65-,66-,67-,68-,69+,70-,71-,72+,73-,74-,75+,77-/m0/s1. The van der Waals surface area contributed by atoms with Crippen molar-refractivity contribution in [3.63, 3.8) is 0 Å². The molecule has 10 heterocycles. The van der Waals surface area contributed by atoms with Gasteiger partial charge in [-0.15, -0.1) is 0 Å². The molecule has 0 aromatic carbocycles. The third-order valence-electron chi connectivity index (χ3n) is 25.1. The van der Waals surface area contributed by atoms with Crippen molar-refractivity contribution in [1.29, 1.82) is 0 Å². The van der Waals surface area contributed by atoms with Gasteiger partial charge in [-0.1, -0.05) is 0 Å². The maximum Gasteiger partial charge on any atom is 0.364 e. The molecule has 806 valence electrons. The highest BCUT2D eigenvalue weighted by Crippen LogP contribution is 2.43. The van der Waals surface area contributed by atoms with E-state index in [-0.39, 0.29) is 0 Å². The molecule has 0 spiro atoms. The molecule has 10 rings (SSSR count). The molecule has 139 heavy (non-hydrogen) atoms. The van der Waals surface area contributed by atoms with E-state index >= 15 is 0 Å². The van der Waals surface area contributed by atoms with Gasteiger partial charge in [0.1, 0.15) is 250 Å². The van der Waals surface area contributed by atoms with Crippen LogP contribution in [-0.2, 0) is 119 Å². The minimum absolute atomic E-state index is 0.832. The van der Waals surface area contributed by atoms with Crippen molar-refractivity contribution < 1.29 is 287 Å². The van der Waals surface area contributed by atoms with E-state index in [1.807, 2.05) is 0 Å². The van der Waals surface area contributed by atoms with E-state index in [4.69, 9.17) is 94.7 Å². The number of rotatable bonds is 41. The number of aliphatic carboxylic acids is 1. The lowest BCUT2D eigenvalue weighted by molar-refractivity contribution is -0.400. The number of aliphatic hydroxyl groups is 32. The summed E-state index contributed by atoms with van der Waals surface area (Å²) in [7, 11) is 0. The van der Waals surface area contributed by atoms with Gasteiger partial charge >= 0.3 is 5.97 Å². The van der Waals surface area contributed by atoms with Crippen molar-refractivity contribution >= 4 is 29.6 Å². The third kappa shape index (κ3) is 26.3. The van der Waals surface area contributed by atoms with E-state index in [0.717, 1.165) is 27.7 Å². The maximum absolute atomic E-state index is 13.3. The molecule has 0 aromatic heterocycles. The molecule has 62 heteroatoms. The highest BCUT2D eigenvalue weighted by molar-refractivity contribution is 5.77. The molecule has 10 saturated heterocycles. The van der Waals surface area contributed by atoms with E-state index in [2.05, 4.69) is 21.3 Å². The number of ether oxygens (including phenoxy) is 20. The molecule has 0 saturated carbocycles. The lowest BCUT2D eigenvalue weighted by Gasteiger charge is -2.51. The molecular formula is C77H130N4O58. The van der Waals surface area contributed by atoms with Gasteiger partial charge in [0, 0.05) is 34.1 Å². The summed E-state index contributed by atoms with van der Waals surface area (Å²) in [4.78, 5) is 64.7. The average molecular weight is 2040 g/mol. The van der Waals surface area contributed by atoms with Crippen molar-refractivity contribution in [3.8, 4) is 0 Å². The Bertz CT molecular complexity index is 3820. The molecule has 0 aromatic rings. The van der Waals surface area contributed by atoms with E-state index in [0.29, 0.717) is 0 Å². The Hall–Kier alpha value is -4.73. The van der Waals surface area contributed by atoms with Gasteiger partial charge in [-0.05, 0) is 6.92 Å². The Morgan fingerprint density at radius 1 is 0.345 bits per heavy atom. The van der Waals surface area contributed by atoms with Crippen molar-refractivity contribution in [3.05, 3.63) is 0 Å².